The fraction of sp³-hybridized carbons (Fsp3) is 0.304. The molecule has 3 aromatic rings. The minimum absolute atomic E-state index is 0.0905. The lowest BCUT2D eigenvalue weighted by Crippen LogP contribution is -2.49. The predicted octanol–water partition coefficient (Wildman–Crippen LogP) is 3.30. The van der Waals surface area contributed by atoms with Gasteiger partial charge in [-0.2, -0.15) is 0 Å². The largest absolute Gasteiger partial charge is 0.635 e. The van der Waals surface area contributed by atoms with E-state index in [0.29, 0.717) is 26.8 Å². The lowest BCUT2D eigenvalue weighted by atomic mass is 9.93. The molecule has 0 bridgehead atoms. The van der Waals surface area contributed by atoms with Crippen molar-refractivity contribution in [3.8, 4) is 0 Å². The Balaban J connectivity index is 1.71. The van der Waals surface area contributed by atoms with Crippen molar-refractivity contribution >= 4 is 53.3 Å². The number of hydrogen-bond acceptors (Lipinski definition) is 6. The van der Waals surface area contributed by atoms with Crippen LogP contribution in [0.5, 0.6) is 0 Å². The van der Waals surface area contributed by atoms with Crippen molar-refractivity contribution in [1.29, 1.82) is 0 Å². The van der Waals surface area contributed by atoms with Crippen LogP contribution in [-0.2, 0) is 27.2 Å². The van der Waals surface area contributed by atoms with Gasteiger partial charge in [0.05, 0.1) is 6.26 Å². The van der Waals surface area contributed by atoms with Gasteiger partial charge >= 0.3 is 7.32 Å². The molecule has 3 rings (SSSR count). The minimum atomic E-state index is -2.12. The molecule has 34 heavy (non-hydrogen) atoms. The number of carbonyl (C=O) groups excluding carboxylic acids is 2. The summed E-state index contributed by atoms with van der Waals surface area (Å²) in [5, 5.41) is 25.7. The quantitative estimate of drug-likeness (QED) is 0.190. The lowest BCUT2D eigenvalue weighted by Gasteiger charge is -2.24. The zero-order chi connectivity index (χ0) is 24.8. The molecule has 0 saturated carbocycles. The van der Waals surface area contributed by atoms with Gasteiger partial charge in [0.15, 0.2) is 0 Å². The highest BCUT2D eigenvalue weighted by Gasteiger charge is 2.32. The molecule has 180 valence electrons. The first-order valence-electron chi connectivity index (χ1n) is 10.6. The SMILES string of the molecule is CC(C)C(C(=O)NCc1ccc(Cl)cc1Cl)C(=O)N[C@@H](Cc1coc2ccccc12)OB(O)O. The minimum Gasteiger partial charge on any atom is -0.464 e. The highest BCUT2D eigenvalue weighted by atomic mass is 35.5. The van der Waals surface area contributed by atoms with Crippen LogP contribution in [0.25, 0.3) is 11.0 Å². The van der Waals surface area contributed by atoms with Crippen LogP contribution in [0.4, 0.5) is 0 Å². The highest BCUT2D eigenvalue weighted by molar-refractivity contribution is 6.35. The molecule has 1 aromatic heterocycles. The topological polar surface area (TPSA) is 121 Å². The third-order valence-electron chi connectivity index (χ3n) is 5.26. The Morgan fingerprint density at radius 1 is 1.09 bits per heavy atom. The molecule has 0 spiro atoms. The summed E-state index contributed by atoms with van der Waals surface area (Å²) in [5.74, 6) is -2.53. The molecule has 0 radical (unpaired) electrons. The van der Waals surface area contributed by atoms with Crippen molar-refractivity contribution < 1.29 is 28.7 Å². The van der Waals surface area contributed by atoms with Gasteiger partial charge in [0.25, 0.3) is 0 Å². The van der Waals surface area contributed by atoms with Gasteiger partial charge in [-0.1, -0.05) is 61.3 Å². The summed E-state index contributed by atoms with van der Waals surface area (Å²) >= 11 is 12.1. The summed E-state index contributed by atoms with van der Waals surface area (Å²) in [6.07, 6.45) is 0.486. The van der Waals surface area contributed by atoms with Gasteiger partial charge in [-0.05, 0) is 29.7 Å². The molecule has 2 amide bonds. The second kappa shape index (κ2) is 11.7. The van der Waals surface area contributed by atoms with Crippen LogP contribution in [0.2, 0.25) is 10.0 Å². The van der Waals surface area contributed by atoms with E-state index < -0.39 is 31.3 Å². The van der Waals surface area contributed by atoms with Gasteiger partial charge < -0.3 is 29.8 Å². The second-order valence-electron chi connectivity index (χ2n) is 8.10. The number of benzene rings is 2. The predicted molar refractivity (Wildman–Crippen MR) is 130 cm³/mol. The van der Waals surface area contributed by atoms with Crippen molar-refractivity contribution in [3.63, 3.8) is 0 Å². The Morgan fingerprint density at radius 3 is 2.50 bits per heavy atom. The monoisotopic (exact) mass is 506 g/mol. The Hall–Kier alpha value is -2.56. The van der Waals surface area contributed by atoms with E-state index in [4.69, 9.17) is 32.3 Å². The molecule has 2 atom stereocenters. The summed E-state index contributed by atoms with van der Waals surface area (Å²) in [7, 11) is -2.12. The standard InChI is InChI=1S/C23H25BCl2N2O6/c1-13(2)21(22(29)27-11-14-7-8-16(25)10-18(14)26)23(30)28-20(34-24(31)32)9-15-12-33-19-6-4-3-5-17(15)19/h3-8,10,12-13,20-21,31-32H,9,11H2,1-2H3,(H,27,29)(H,28,30)/t20-,21?/m1/s1. The van der Waals surface area contributed by atoms with Crippen LogP contribution in [-0.4, -0.2) is 35.4 Å². The summed E-state index contributed by atoms with van der Waals surface area (Å²) in [6.45, 7) is 3.58. The number of fused-ring (bicyclic) bond motifs is 1. The number of nitrogens with one attached hydrogen (secondary N) is 2. The van der Waals surface area contributed by atoms with Crippen LogP contribution >= 0.6 is 23.2 Å². The Morgan fingerprint density at radius 2 is 1.82 bits per heavy atom. The molecule has 1 heterocycles. The van der Waals surface area contributed by atoms with Gasteiger partial charge in [-0.3, -0.25) is 9.59 Å². The third kappa shape index (κ3) is 6.74. The number of para-hydroxylation sites is 1. The van der Waals surface area contributed by atoms with Crippen molar-refractivity contribution in [3.05, 3.63) is 69.9 Å². The Kier molecular flexibility index (Phi) is 8.99. The summed E-state index contributed by atoms with van der Waals surface area (Å²) in [5.41, 5.74) is 2.00. The fourth-order valence-corrected chi connectivity index (χ4v) is 4.08. The normalized spacial score (nSPS) is 13.0. The zero-order valence-electron chi connectivity index (χ0n) is 18.6. The first-order valence-corrected chi connectivity index (χ1v) is 11.4. The average Bonchev–Trinajstić information content (AvgIpc) is 3.15. The van der Waals surface area contributed by atoms with Crippen molar-refractivity contribution in [2.45, 2.75) is 33.0 Å². The summed E-state index contributed by atoms with van der Waals surface area (Å²) in [4.78, 5) is 25.9. The molecule has 0 aliphatic rings. The number of halogens is 2. The zero-order valence-corrected chi connectivity index (χ0v) is 20.1. The van der Waals surface area contributed by atoms with Gasteiger partial charge in [0.1, 0.15) is 17.7 Å². The van der Waals surface area contributed by atoms with Gasteiger partial charge in [0, 0.05) is 34.0 Å². The first-order chi connectivity index (χ1) is 16.2. The maximum absolute atomic E-state index is 13.1. The molecule has 11 heteroatoms. The molecule has 0 fully saturated rings. The second-order valence-corrected chi connectivity index (χ2v) is 8.94. The molecule has 4 N–H and O–H groups in total. The average molecular weight is 507 g/mol. The van der Waals surface area contributed by atoms with Crippen LogP contribution in [0.3, 0.4) is 0 Å². The highest BCUT2D eigenvalue weighted by Crippen LogP contribution is 2.23. The maximum Gasteiger partial charge on any atom is 0.635 e. The van der Waals surface area contributed by atoms with Crippen molar-refractivity contribution in [1.82, 2.24) is 10.6 Å². The molecule has 0 saturated heterocycles. The first kappa shape index (κ1) is 26.1. The number of amides is 2. The molecular weight excluding hydrogens is 482 g/mol. The Bertz CT molecular complexity index is 1150. The van der Waals surface area contributed by atoms with Crippen molar-refractivity contribution in [2.75, 3.05) is 0 Å². The number of furan rings is 1. The van der Waals surface area contributed by atoms with E-state index in [0.717, 1.165) is 5.39 Å². The van der Waals surface area contributed by atoms with E-state index >= 15 is 0 Å². The van der Waals surface area contributed by atoms with E-state index in [9.17, 15) is 19.6 Å². The van der Waals surface area contributed by atoms with E-state index in [1.165, 1.54) is 6.26 Å². The summed E-state index contributed by atoms with van der Waals surface area (Å²) in [6, 6.07) is 12.2. The molecule has 2 aromatic carbocycles. The van der Waals surface area contributed by atoms with Crippen LogP contribution in [0.1, 0.15) is 25.0 Å². The number of rotatable bonds is 10. The van der Waals surface area contributed by atoms with Gasteiger partial charge in [-0.25, -0.2) is 0 Å². The lowest BCUT2D eigenvalue weighted by molar-refractivity contribution is -0.138. The fourth-order valence-electron chi connectivity index (χ4n) is 3.60. The van der Waals surface area contributed by atoms with Gasteiger partial charge in [-0.15, -0.1) is 0 Å². The van der Waals surface area contributed by atoms with E-state index in [1.54, 1.807) is 38.1 Å². The van der Waals surface area contributed by atoms with Gasteiger partial charge in [0.2, 0.25) is 11.8 Å². The van der Waals surface area contributed by atoms with Crippen LogP contribution in [0, 0.1) is 11.8 Å². The Labute approximate surface area is 207 Å². The van der Waals surface area contributed by atoms with E-state index in [2.05, 4.69) is 10.6 Å². The number of carbonyl (C=O) groups is 2. The molecule has 0 aliphatic carbocycles. The molecule has 0 aliphatic heterocycles. The molecule has 1 unspecified atom stereocenters. The van der Waals surface area contributed by atoms with E-state index in [1.807, 2.05) is 18.2 Å². The van der Waals surface area contributed by atoms with E-state index in [-0.39, 0.29) is 18.9 Å². The molecular formula is C23H25BCl2N2O6. The third-order valence-corrected chi connectivity index (χ3v) is 5.84. The van der Waals surface area contributed by atoms with Crippen molar-refractivity contribution in [2.24, 2.45) is 11.8 Å². The smallest absolute Gasteiger partial charge is 0.464 e. The summed E-state index contributed by atoms with van der Waals surface area (Å²) < 4.78 is 10.6. The maximum atomic E-state index is 13.1. The molecule has 8 nitrogen and oxygen atoms in total. The van der Waals surface area contributed by atoms with Crippen LogP contribution < -0.4 is 10.6 Å². The van der Waals surface area contributed by atoms with Crippen LogP contribution in [0.15, 0.2) is 53.1 Å². The number of hydrogen-bond donors (Lipinski definition) is 4.